The molecule has 0 saturated carbocycles. The maximum atomic E-state index is 12.0. The van der Waals surface area contributed by atoms with E-state index in [1.807, 2.05) is 19.1 Å². The fourth-order valence-corrected chi connectivity index (χ4v) is 2.90. The second-order valence-electron chi connectivity index (χ2n) is 6.36. The number of halogens is 2. The summed E-state index contributed by atoms with van der Waals surface area (Å²) in [6.45, 7) is 1.68. The number of aryl methyl sites for hydroxylation is 1. The zero-order valence-corrected chi connectivity index (χ0v) is 17.2. The molecule has 8 heteroatoms. The molecule has 29 heavy (non-hydrogen) atoms. The number of oxazole rings is 1. The summed E-state index contributed by atoms with van der Waals surface area (Å²) in [6, 6.07) is 12.4. The molecule has 0 aliphatic carbocycles. The van der Waals surface area contributed by atoms with Gasteiger partial charge in [-0.2, -0.15) is 0 Å². The maximum absolute atomic E-state index is 12.0. The molecule has 1 aromatic heterocycles. The van der Waals surface area contributed by atoms with Gasteiger partial charge in [0.1, 0.15) is 0 Å². The lowest BCUT2D eigenvalue weighted by atomic mass is 10.2. The van der Waals surface area contributed by atoms with E-state index in [4.69, 9.17) is 27.6 Å². The summed E-state index contributed by atoms with van der Waals surface area (Å²) in [5.74, 6) is 0.455. The highest BCUT2D eigenvalue weighted by molar-refractivity contribution is 6.31. The molecule has 0 aliphatic rings. The third-order valence-corrected chi connectivity index (χ3v) is 4.90. The smallest absolute Gasteiger partial charge is 0.243 e. The quantitative estimate of drug-likeness (QED) is 0.570. The van der Waals surface area contributed by atoms with E-state index in [1.165, 1.54) is 0 Å². The predicted molar refractivity (Wildman–Crippen MR) is 113 cm³/mol. The van der Waals surface area contributed by atoms with Gasteiger partial charge in [0.2, 0.25) is 11.8 Å². The molecule has 2 aromatic carbocycles. The minimum atomic E-state index is -0.329. The molecule has 6 nitrogen and oxygen atoms in total. The zero-order chi connectivity index (χ0) is 20.8. The number of nitrogens with one attached hydrogen (secondary N) is 2. The van der Waals surface area contributed by atoms with E-state index in [2.05, 4.69) is 15.6 Å². The van der Waals surface area contributed by atoms with Gasteiger partial charge in [-0.1, -0.05) is 29.3 Å². The number of benzene rings is 2. The van der Waals surface area contributed by atoms with Crippen molar-refractivity contribution in [2.75, 3.05) is 11.9 Å². The lowest BCUT2D eigenvalue weighted by molar-refractivity contribution is -0.124. The first kappa shape index (κ1) is 20.9. The maximum Gasteiger partial charge on any atom is 0.243 e. The number of carbonyl (C=O) groups is 2. The monoisotopic (exact) mass is 431 g/mol. The van der Waals surface area contributed by atoms with E-state index in [0.29, 0.717) is 33.8 Å². The number of rotatable bonds is 7. The molecule has 0 radical (unpaired) electrons. The van der Waals surface area contributed by atoms with Crippen LogP contribution in [0.15, 0.2) is 53.1 Å². The van der Waals surface area contributed by atoms with Gasteiger partial charge in [0, 0.05) is 34.1 Å². The Hall–Kier alpha value is -2.83. The SMILES string of the molecule is Cc1c(Cl)cccc1NC(=O)CNC(=O)CCc1ncc(-c2ccc(Cl)cc2)o1. The number of amides is 2. The molecule has 0 bridgehead atoms. The van der Waals surface area contributed by atoms with Crippen molar-refractivity contribution in [1.29, 1.82) is 0 Å². The van der Waals surface area contributed by atoms with Gasteiger partial charge in [-0.15, -0.1) is 0 Å². The van der Waals surface area contributed by atoms with Crippen LogP contribution in [-0.2, 0) is 16.0 Å². The third kappa shape index (κ3) is 5.82. The van der Waals surface area contributed by atoms with Crippen LogP contribution in [0.5, 0.6) is 0 Å². The molecule has 0 fully saturated rings. The van der Waals surface area contributed by atoms with Crippen molar-refractivity contribution < 1.29 is 14.0 Å². The summed E-state index contributed by atoms with van der Waals surface area (Å²) in [7, 11) is 0. The van der Waals surface area contributed by atoms with Crippen molar-refractivity contribution in [2.45, 2.75) is 19.8 Å². The first-order valence-electron chi connectivity index (χ1n) is 8.94. The molecule has 0 saturated heterocycles. The highest BCUT2D eigenvalue weighted by Gasteiger charge is 2.11. The highest BCUT2D eigenvalue weighted by atomic mass is 35.5. The average molecular weight is 432 g/mol. The molecular weight excluding hydrogens is 413 g/mol. The average Bonchev–Trinajstić information content (AvgIpc) is 3.18. The molecule has 0 unspecified atom stereocenters. The van der Waals surface area contributed by atoms with E-state index in [0.717, 1.165) is 11.1 Å². The zero-order valence-electron chi connectivity index (χ0n) is 15.7. The Kier molecular flexibility index (Phi) is 6.90. The van der Waals surface area contributed by atoms with Gasteiger partial charge in [-0.3, -0.25) is 9.59 Å². The fourth-order valence-electron chi connectivity index (χ4n) is 2.60. The standard InChI is InChI=1S/C21H19Cl2N3O3/c1-13-16(23)3-2-4-17(13)26-20(28)12-24-19(27)9-10-21-25-11-18(29-21)14-5-7-15(22)8-6-14/h2-8,11H,9-10,12H2,1H3,(H,24,27)(H,26,28). The van der Waals surface area contributed by atoms with Crippen molar-refractivity contribution in [2.24, 2.45) is 0 Å². The molecule has 150 valence electrons. The minimum absolute atomic E-state index is 0.133. The first-order chi connectivity index (χ1) is 13.9. The number of anilines is 1. The molecule has 0 aliphatic heterocycles. The first-order valence-corrected chi connectivity index (χ1v) is 9.70. The van der Waals surface area contributed by atoms with Crippen LogP contribution in [0.2, 0.25) is 10.0 Å². The van der Waals surface area contributed by atoms with Gasteiger partial charge in [0.15, 0.2) is 11.7 Å². The number of nitrogens with zero attached hydrogens (tertiary/aromatic N) is 1. The number of carbonyl (C=O) groups excluding carboxylic acids is 2. The van der Waals surface area contributed by atoms with Crippen LogP contribution in [0.1, 0.15) is 17.9 Å². The topological polar surface area (TPSA) is 84.2 Å². The van der Waals surface area contributed by atoms with Gasteiger partial charge in [-0.05, 0) is 48.9 Å². The summed E-state index contributed by atoms with van der Waals surface area (Å²) in [5, 5.41) is 6.52. The molecule has 2 amide bonds. The Balaban J connectivity index is 1.45. The molecule has 3 rings (SSSR count). The normalized spacial score (nSPS) is 10.6. The van der Waals surface area contributed by atoms with E-state index in [9.17, 15) is 9.59 Å². The van der Waals surface area contributed by atoms with Crippen LogP contribution in [0, 0.1) is 6.92 Å². The van der Waals surface area contributed by atoms with E-state index in [-0.39, 0.29) is 24.8 Å². The number of aromatic nitrogens is 1. The largest absolute Gasteiger partial charge is 0.441 e. The van der Waals surface area contributed by atoms with Crippen molar-refractivity contribution in [1.82, 2.24) is 10.3 Å². The molecule has 0 atom stereocenters. The van der Waals surface area contributed by atoms with Gasteiger partial charge in [0.05, 0.1) is 12.7 Å². The molecule has 3 aromatic rings. The van der Waals surface area contributed by atoms with Crippen molar-refractivity contribution in [3.05, 3.63) is 70.2 Å². The van der Waals surface area contributed by atoms with Gasteiger partial charge in [0.25, 0.3) is 0 Å². The summed E-state index contributed by atoms with van der Waals surface area (Å²) < 4.78 is 5.66. The Morgan fingerprint density at radius 3 is 2.59 bits per heavy atom. The van der Waals surface area contributed by atoms with Crippen molar-refractivity contribution in [3.8, 4) is 11.3 Å². The molecule has 0 spiro atoms. The lowest BCUT2D eigenvalue weighted by Gasteiger charge is -2.10. The lowest BCUT2D eigenvalue weighted by Crippen LogP contribution is -2.33. The predicted octanol–water partition coefficient (Wildman–Crippen LogP) is 4.64. The second kappa shape index (κ2) is 9.58. The van der Waals surface area contributed by atoms with E-state index < -0.39 is 0 Å². The van der Waals surface area contributed by atoms with Crippen LogP contribution in [-0.4, -0.2) is 23.3 Å². The number of hydrogen-bond acceptors (Lipinski definition) is 4. The van der Waals surface area contributed by atoms with E-state index in [1.54, 1.807) is 36.5 Å². The highest BCUT2D eigenvalue weighted by Crippen LogP contribution is 2.23. The van der Waals surface area contributed by atoms with Crippen molar-refractivity contribution in [3.63, 3.8) is 0 Å². The summed E-state index contributed by atoms with van der Waals surface area (Å²) in [4.78, 5) is 28.2. The third-order valence-electron chi connectivity index (χ3n) is 4.24. The second-order valence-corrected chi connectivity index (χ2v) is 7.21. The summed E-state index contributed by atoms with van der Waals surface area (Å²) in [5.41, 5.74) is 2.24. The molecule has 2 N–H and O–H groups in total. The van der Waals surface area contributed by atoms with Gasteiger partial charge >= 0.3 is 0 Å². The Bertz CT molecular complexity index is 1020. The fraction of sp³-hybridized carbons (Fsp3) is 0.190. The van der Waals surface area contributed by atoms with E-state index >= 15 is 0 Å². The summed E-state index contributed by atoms with van der Waals surface area (Å²) in [6.07, 6.45) is 2.09. The molecular formula is C21H19Cl2N3O3. The van der Waals surface area contributed by atoms with Crippen molar-refractivity contribution >= 4 is 40.7 Å². The van der Waals surface area contributed by atoms with Gasteiger partial charge in [-0.25, -0.2) is 4.98 Å². The van der Waals surface area contributed by atoms with Crippen LogP contribution < -0.4 is 10.6 Å². The Morgan fingerprint density at radius 1 is 1.07 bits per heavy atom. The van der Waals surface area contributed by atoms with Crippen LogP contribution in [0.4, 0.5) is 5.69 Å². The minimum Gasteiger partial charge on any atom is -0.441 e. The molecule has 1 heterocycles. The van der Waals surface area contributed by atoms with Gasteiger partial charge < -0.3 is 15.1 Å². The van der Waals surface area contributed by atoms with Crippen LogP contribution >= 0.6 is 23.2 Å². The Labute approximate surface area is 178 Å². The van der Waals surface area contributed by atoms with Crippen LogP contribution in [0.3, 0.4) is 0 Å². The van der Waals surface area contributed by atoms with Crippen LogP contribution in [0.25, 0.3) is 11.3 Å². The summed E-state index contributed by atoms with van der Waals surface area (Å²) >= 11 is 11.9. The Morgan fingerprint density at radius 2 is 1.83 bits per heavy atom. The number of hydrogen-bond donors (Lipinski definition) is 2.